The third-order valence-electron chi connectivity index (χ3n) is 1.27. The normalized spacial score (nSPS) is 7.86. The van der Waals surface area contributed by atoms with Crippen LogP contribution in [0.4, 0.5) is 0 Å². The SMILES string of the molecule is C=C.Cn1ccnc1.Cn1ccnc1. The average molecular weight is 192 g/mol. The van der Waals surface area contributed by atoms with Crippen molar-refractivity contribution in [1.82, 2.24) is 19.1 Å². The molecule has 4 nitrogen and oxygen atoms in total. The lowest BCUT2D eigenvalue weighted by molar-refractivity contribution is 0.913. The summed E-state index contributed by atoms with van der Waals surface area (Å²) in [6.07, 6.45) is 10.8. The lowest BCUT2D eigenvalue weighted by Crippen LogP contribution is -1.76. The van der Waals surface area contributed by atoms with Crippen molar-refractivity contribution < 1.29 is 0 Å². The highest BCUT2D eigenvalue weighted by Gasteiger charge is 1.69. The highest BCUT2D eigenvalue weighted by atomic mass is 15.0. The van der Waals surface area contributed by atoms with Crippen molar-refractivity contribution in [2.24, 2.45) is 14.1 Å². The van der Waals surface area contributed by atoms with E-state index in [1.54, 1.807) is 25.0 Å². The van der Waals surface area contributed by atoms with Crippen molar-refractivity contribution in [3.63, 3.8) is 0 Å². The topological polar surface area (TPSA) is 35.6 Å². The second-order valence-electron chi connectivity index (χ2n) is 2.46. The summed E-state index contributed by atoms with van der Waals surface area (Å²) in [5, 5.41) is 0. The maximum absolute atomic E-state index is 3.78. The smallest absolute Gasteiger partial charge is 0.0943 e. The number of aromatic nitrogens is 4. The maximum Gasteiger partial charge on any atom is 0.0943 e. The van der Waals surface area contributed by atoms with E-state index in [1.807, 2.05) is 35.6 Å². The molecular formula is C10H16N4. The van der Waals surface area contributed by atoms with Crippen LogP contribution in [0.25, 0.3) is 0 Å². The number of rotatable bonds is 0. The van der Waals surface area contributed by atoms with Crippen LogP contribution in [0.2, 0.25) is 0 Å². The van der Waals surface area contributed by atoms with Crippen LogP contribution in [0.1, 0.15) is 0 Å². The maximum atomic E-state index is 3.78. The van der Waals surface area contributed by atoms with Crippen molar-refractivity contribution in [2.45, 2.75) is 0 Å². The summed E-state index contributed by atoms with van der Waals surface area (Å²) < 4.78 is 3.78. The molecule has 0 aliphatic rings. The first-order valence-electron chi connectivity index (χ1n) is 4.13. The third kappa shape index (κ3) is 5.77. The molecular weight excluding hydrogens is 176 g/mol. The Bertz CT molecular complexity index is 264. The molecule has 2 aromatic heterocycles. The lowest BCUT2D eigenvalue weighted by atomic mass is 10.9. The zero-order valence-corrected chi connectivity index (χ0v) is 8.67. The van der Waals surface area contributed by atoms with Gasteiger partial charge >= 0.3 is 0 Å². The standard InChI is InChI=1S/2C4H6N2.C2H4/c2*1-6-3-2-5-4-6;1-2/h2*2-4H,1H3;1-2H2. The summed E-state index contributed by atoms with van der Waals surface area (Å²) in [6, 6.07) is 0. The molecule has 0 amide bonds. The van der Waals surface area contributed by atoms with E-state index in [1.165, 1.54) is 0 Å². The van der Waals surface area contributed by atoms with Gasteiger partial charge < -0.3 is 9.13 Å². The Morgan fingerprint density at radius 2 is 1.21 bits per heavy atom. The molecule has 14 heavy (non-hydrogen) atoms. The largest absolute Gasteiger partial charge is 0.341 e. The van der Waals surface area contributed by atoms with Crippen LogP contribution in [-0.4, -0.2) is 19.1 Å². The fraction of sp³-hybridized carbons (Fsp3) is 0.200. The molecule has 0 atom stereocenters. The van der Waals surface area contributed by atoms with Crippen LogP contribution < -0.4 is 0 Å². The van der Waals surface area contributed by atoms with Gasteiger partial charge in [-0.15, -0.1) is 13.2 Å². The van der Waals surface area contributed by atoms with Gasteiger partial charge in [0.05, 0.1) is 12.7 Å². The summed E-state index contributed by atoms with van der Waals surface area (Å²) in [5.74, 6) is 0. The monoisotopic (exact) mass is 192 g/mol. The van der Waals surface area contributed by atoms with Gasteiger partial charge in [-0.2, -0.15) is 0 Å². The molecule has 0 fully saturated rings. The molecule has 0 N–H and O–H groups in total. The van der Waals surface area contributed by atoms with E-state index >= 15 is 0 Å². The lowest BCUT2D eigenvalue weighted by Gasteiger charge is -1.76. The Kier molecular flexibility index (Phi) is 6.77. The number of hydrogen-bond acceptors (Lipinski definition) is 2. The van der Waals surface area contributed by atoms with Gasteiger partial charge in [0.2, 0.25) is 0 Å². The molecule has 0 unspecified atom stereocenters. The molecule has 4 heteroatoms. The van der Waals surface area contributed by atoms with Gasteiger partial charge in [0.15, 0.2) is 0 Å². The molecule has 0 aliphatic heterocycles. The van der Waals surface area contributed by atoms with E-state index in [2.05, 4.69) is 23.1 Å². The van der Waals surface area contributed by atoms with Gasteiger partial charge in [-0.3, -0.25) is 0 Å². The zero-order valence-electron chi connectivity index (χ0n) is 8.67. The van der Waals surface area contributed by atoms with Crippen LogP contribution in [-0.2, 0) is 14.1 Å². The van der Waals surface area contributed by atoms with E-state index < -0.39 is 0 Å². The van der Waals surface area contributed by atoms with Crippen LogP contribution in [0, 0.1) is 0 Å². The van der Waals surface area contributed by atoms with Crippen LogP contribution in [0.15, 0.2) is 50.6 Å². The predicted octanol–water partition coefficient (Wildman–Crippen LogP) is 1.64. The van der Waals surface area contributed by atoms with Gasteiger partial charge in [0.25, 0.3) is 0 Å². The van der Waals surface area contributed by atoms with Crippen LogP contribution >= 0.6 is 0 Å². The molecule has 0 aliphatic carbocycles. The fourth-order valence-electron chi connectivity index (χ4n) is 0.652. The Morgan fingerprint density at radius 1 is 0.857 bits per heavy atom. The number of imidazole rings is 2. The second-order valence-corrected chi connectivity index (χ2v) is 2.46. The first-order chi connectivity index (χ1) is 6.79. The molecule has 2 aromatic rings. The first kappa shape index (κ1) is 12.2. The number of hydrogen-bond donors (Lipinski definition) is 0. The van der Waals surface area contributed by atoms with Gasteiger partial charge in [-0.05, 0) is 0 Å². The van der Waals surface area contributed by atoms with Crippen molar-refractivity contribution in [3.8, 4) is 0 Å². The highest BCUT2D eigenvalue weighted by molar-refractivity contribution is 4.70. The minimum atomic E-state index is 1.75. The van der Waals surface area contributed by atoms with E-state index in [-0.39, 0.29) is 0 Å². The van der Waals surface area contributed by atoms with Crippen molar-refractivity contribution >= 4 is 0 Å². The van der Waals surface area contributed by atoms with Gasteiger partial charge in [0.1, 0.15) is 0 Å². The minimum Gasteiger partial charge on any atom is -0.341 e. The third-order valence-corrected chi connectivity index (χ3v) is 1.27. The summed E-state index contributed by atoms with van der Waals surface area (Å²) in [4.78, 5) is 7.57. The second kappa shape index (κ2) is 7.79. The van der Waals surface area contributed by atoms with Gasteiger partial charge in [-0.1, -0.05) is 0 Å². The highest BCUT2D eigenvalue weighted by Crippen LogP contribution is 1.74. The Labute approximate surface area is 84.5 Å². The molecule has 2 heterocycles. The molecule has 0 aromatic carbocycles. The van der Waals surface area contributed by atoms with Gasteiger partial charge in [0, 0.05) is 38.9 Å². The summed E-state index contributed by atoms with van der Waals surface area (Å²) in [6.45, 7) is 6.00. The minimum absolute atomic E-state index is 1.75. The number of nitrogens with zero attached hydrogens (tertiary/aromatic N) is 4. The van der Waals surface area contributed by atoms with Crippen LogP contribution in [0.3, 0.4) is 0 Å². The molecule has 0 spiro atoms. The molecule has 2 rings (SSSR count). The molecule has 76 valence electrons. The molecule has 0 bridgehead atoms. The molecule has 0 saturated carbocycles. The fourth-order valence-corrected chi connectivity index (χ4v) is 0.652. The van der Waals surface area contributed by atoms with Crippen LogP contribution in [0.5, 0.6) is 0 Å². The number of aryl methyl sites for hydroxylation is 2. The van der Waals surface area contributed by atoms with E-state index in [0.29, 0.717) is 0 Å². The van der Waals surface area contributed by atoms with E-state index in [0.717, 1.165) is 0 Å². The molecule has 0 saturated heterocycles. The van der Waals surface area contributed by atoms with Crippen molar-refractivity contribution in [1.29, 1.82) is 0 Å². The van der Waals surface area contributed by atoms with E-state index in [4.69, 9.17) is 0 Å². The Hall–Kier alpha value is -1.84. The summed E-state index contributed by atoms with van der Waals surface area (Å²) in [7, 11) is 3.88. The Balaban J connectivity index is 0.000000206. The van der Waals surface area contributed by atoms with Gasteiger partial charge in [-0.25, -0.2) is 9.97 Å². The first-order valence-corrected chi connectivity index (χ1v) is 4.13. The predicted molar refractivity (Wildman–Crippen MR) is 57.7 cm³/mol. The van der Waals surface area contributed by atoms with Crippen molar-refractivity contribution in [2.75, 3.05) is 0 Å². The van der Waals surface area contributed by atoms with Crippen molar-refractivity contribution in [3.05, 3.63) is 50.6 Å². The van der Waals surface area contributed by atoms with E-state index in [9.17, 15) is 0 Å². The summed E-state index contributed by atoms with van der Waals surface area (Å²) >= 11 is 0. The summed E-state index contributed by atoms with van der Waals surface area (Å²) in [5.41, 5.74) is 0. The zero-order chi connectivity index (χ0) is 10.8. The average Bonchev–Trinajstić information content (AvgIpc) is 2.83. The quantitative estimate of drug-likeness (QED) is 0.595. The Morgan fingerprint density at radius 3 is 1.29 bits per heavy atom. The molecule has 0 radical (unpaired) electrons.